The summed E-state index contributed by atoms with van der Waals surface area (Å²) in [6.07, 6.45) is 3.26. The van der Waals surface area contributed by atoms with Crippen molar-refractivity contribution in [3.63, 3.8) is 0 Å². The number of carbonyl (C=O) groups excluding carboxylic acids is 2. The van der Waals surface area contributed by atoms with Crippen LogP contribution in [-0.4, -0.2) is 25.1 Å². The molecule has 144 valence electrons. The third-order valence-electron chi connectivity index (χ3n) is 4.67. The molecule has 0 fully saturated rings. The number of hydrogen-bond acceptors (Lipinski definition) is 5. The first-order chi connectivity index (χ1) is 12.9. The maximum atomic E-state index is 12.7. The lowest BCUT2D eigenvalue weighted by molar-refractivity contribution is -0.122. The second-order valence-corrected chi connectivity index (χ2v) is 8.08. The Hall–Kier alpha value is -2.34. The molecule has 2 aromatic rings. The van der Waals surface area contributed by atoms with E-state index in [1.165, 1.54) is 23.3 Å². The molecule has 0 radical (unpaired) electrons. The fourth-order valence-corrected chi connectivity index (χ4v) is 4.72. The summed E-state index contributed by atoms with van der Waals surface area (Å²) in [6, 6.07) is 5.86. The summed E-state index contributed by atoms with van der Waals surface area (Å²) in [6.45, 7) is 5.69. The van der Waals surface area contributed by atoms with E-state index < -0.39 is 12.1 Å². The van der Waals surface area contributed by atoms with Crippen LogP contribution in [0.3, 0.4) is 0 Å². The number of ether oxygens (including phenoxy) is 2. The van der Waals surface area contributed by atoms with Gasteiger partial charge in [0.2, 0.25) is 0 Å². The van der Waals surface area contributed by atoms with Gasteiger partial charge in [-0.05, 0) is 75.3 Å². The van der Waals surface area contributed by atoms with Gasteiger partial charge in [-0.2, -0.15) is 0 Å². The number of anilines is 1. The van der Waals surface area contributed by atoms with E-state index in [4.69, 9.17) is 9.47 Å². The van der Waals surface area contributed by atoms with Gasteiger partial charge in [0.25, 0.3) is 5.91 Å². The first kappa shape index (κ1) is 19.4. The van der Waals surface area contributed by atoms with E-state index in [0.717, 1.165) is 42.4 Å². The average Bonchev–Trinajstić information content (AvgIpc) is 2.97. The van der Waals surface area contributed by atoms with Crippen LogP contribution in [0.4, 0.5) is 5.00 Å². The van der Waals surface area contributed by atoms with Crippen LogP contribution < -0.4 is 10.1 Å². The summed E-state index contributed by atoms with van der Waals surface area (Å²) >= 11 is 1.47. The van der Waals surface area contributed by atoms with Gasteiger partial charge in [-0.25, -0.2) is 4.79 Å². The first-order valence-electron chi connectivity index (χ1n) is 9.17. The van der Waals surface area contributed by atoms with E-state index in [-0.39, 0.29) is 5.91 Å². The number of benzene rings is 1. The Bertz CT molecular complexity index is 851. The molecule has 1 heterocycles. The maximum Gasteiger partial charge on any atom is 0.341 e. The van der Waals surface area contributed by atoms with Crippen LogP contribution in [0.25, 0.3) is 0 Å². The zero-order chi connectivity index (χ0) is 19.6. The fourth-order valence-electron chi connectivity index (χ4n) is 3.44. The number of hydrogen-bond donors (Lipinski definition) is 1. The van der Waals surface area contributed by atoms with Crippen LogP contribution >= 0.6 is 11.3 Å². The minimum absolute atomic E-state index is 0.280. The molecular weight excluding hydrogens is 362 g/mol. The number of rotatable bonds is 5. The molecule has 6 heteroatoms. The van der Waals surface area contributed by atoms with E-state index in [1.807, 2.05) is 26.0 Å². The molecule has 1 N–H and O–H groups in total. The highest BCUT2D eigenvalue weighted by molar-refractivity contribution is 7.17. The van der Waals surface area contributed by atoms with Crippen LogP contribution in [0.5, 0.6) is 5.75 Å². The Morgan fingerprint density at radius 2 is 1.78 bits per heavy atom. The van der Waals surface area contributed by atoms with Gasteiger partial charge in [-0.15, -0.1) is 11.3 Å². The predicted octanol–water partition coefficient (Wildman–Crippen LogP) is 4.44. The summed E-state index contributed by atoms with van der Waals surface area (Å²) in [5, 5.41) is 3.45. The highest BCUT2D eigenvalue weighted by Gasteiger charge is 2.28. The highest BCUT2D eigenvalue weighted by Crippen LogP contribution is 2.38. The minimum Gasteiger partial charge on any atom is -0.481 e. The molecule has 1 aliphatic rings. The van der Waals surface area contributed by atoms with E-state index >= 15 is 0 Å². The first-order valence-corrected chi connectivity index (χ1v) is 9.99. The summed E-state index contributed by atoms with van der Waals surface area (Å²) in [5.74, 6) is -0.0145. The van der Waals surface area contributed by atoms with Crippen LogP contribution in [0, 0.1) is 13.8 Å². The highest BCUT2D eigenvalue weighted by atomic mass is 32.1. The van der Waals surface area contributed by atoms with Crippen LogP contribution in [0.2, 0.25) is 0 Å². The van der Waals surface area contributed by atoms with Crippen molar-refractivity contribution in [2.24, 2.45) is 0 Å². The van der Waals surface area contributed by atoms with Gasteiger partial charge in [0, 0.05) is 4.88 Å². The van der Waals surface area contributed by atoms with E-state index in [0.29, 0.717) is 16.3 Å². The summed E-state index contributed by atoms with van der Waals surface area (Å²) in [5.41, 5.74) is 3.69. The standard InChI is InChI=1S/C21H25NO4S/c1-12-9-13(2)11-15(10-12)26-14(3)19(23)22-20-18(21(24)25-4)16-7-5-6-8-17(16)27-20/h9-11,14H,5-8H2,1-4H3,(H,22,23)/t14-/m0/s1. The largest absolute Gasteiger partial charge is 0.481 e. The number of thiophene rings is 1. The molecule has 1 amide bonds. The molecule has 1 aromatic carbocycles. The molecule has 1 aliphatic carbocycles. The summed E-state index contributed by atoms with van der Waals surface area (Å²) < 4.78 is 10.8. The zero-order valence-electron chi connectivity index (χ0n) is 16.2. The normalized spacial score (nSPS) is 14.2. The second kappa shape index (κ2) is 8.13. The molecule has 0 spiro atoms. The summed E-state index contributed by atoms with van der Waals surface area (Å²) in [4.78, 5) is 26.1. The van der Waals surface area contributed by atoms with Crippen LogP contribution in [0.1, 0.15) is 51.7 Å². The molecule has 0 bridgehead atoms. The number of fused-ring (bicyclic) bond motifs is 1. The number of aryl methyl sites for hydroxylation is 3. The smallest absolute Gasteiger partial charge is 0.341 e. The van der Waals surface area contributed by atoms with Gasteiger partial charge in [0.1, 0.15) is 10.8 Å². The fraction of sp³-hybridized carbons (Fsp3) is 0.429. The van der Waals surface area contributed by atoms with Crippen molar-refractivity contribution < 1.29 is 19.1 Å². The zero-order valence-corrected chi connectivity index (χ0v) is 17.0. The van der Waals surface area contributed by atoms with Crippen LogP contribution in [-0.2, 0) is 22.4 Å². The predicted molar refractivity (Wildman–Crippen MR) is 107 cm³/mol. The second-order valence-electron chi connectivity index (χ2n) is 6.98. The number of methoxy groups -OCH3 is 1. The van der Waals surface area contributed by atoms with Gasteiger partial charge < -0.3 is 14.8 Å². The monoisotopic (exact) mass is 387 g/mol. The lowest BCUT2D eigenvalue weighted by Gasteiger charge is -2.16. The molecule has 5 nitrogen and oxygen atoms in total. The number of nitrogens with one attached hydrogen (secondary N) is 1. The van der Waals surface area contributed by atoms with E-state index in [1.54, 1.807) is 6.92 Å². The Labute approximate surface area is 163 Å². The lowest BCUT2D eigenvalue weighted by Crippen LogP contribution is -2.30. The topological polar surface area (TPSA) is 64.6 Å². The molecule has 1 atom stereocenters. The van der Waals surface area contributed by atoms with Gasteiger partial charge >= 0.3 is 5.97 Å². The van der Waals surface area contributed by atoms with Crippen molar-refractivity contribution in [3.05, 3.63) is 45.3 Å². The Kier molecular flexibility index (Phi) is 5.85. The van der Waals surface area contributed by atoms with Gasteiger partial charge in [0.15, 0.2) is 6.10 Å². The number of carbonyl (C=O) groups is 2. The van der Waals surface area contributed by atoms with Crippen molar-refractivity contribution in [2.45, 2.75) is 52.6 Å². The Morgan fingerprint density at radius 1 is 1.11 bits per heavy atom. The molecule has 0 saturated heterocycles. The van der Waals surface area contributed by atoms with Gasteiger partial charge in [-0.3, -0.25) is 4.79 Å². The molecular formula is C21H25NO4S. The maximum absolute atomic E-state index is 12.7. The van der Waals surface area contributed by atoms with Crippen molar-refractivity contribution >= 4 is 28.2 Å². The van der Waals surface area contributed by atoms with Gasteiger partial charge in [-0.1, -0.05) is 6.07 Å². The van der Waals surface area contributed by atoms with Gasteiger partial charge in [0.05, 0.1) is 12.7 Å². The lowest BCUT2D eigenvalue weighted by atomic mass is 9.95. The number of amides is 1. The minimum atomic E-state index is -0.684. The number of esters is 1. The van der Waals surface area contributed by atoms with Crippen molar-refractivity contribution in [1.29, 1.82) is 0 Å². The third-order valence-corrected chi connectivity index (χ3v) is 5.88. The molecule has 0 saturated carbocycles. The summed E-state index contributed by atoms with van der Waals surface area (Å²) in [7, 11) is 1.37. The third kappa shape index (κ3) is 4.33. The quantitative estimate of drug-likeness (QED) is 0.771. The van der Waals surface area contributed by atoms with Crippen molar-refractivity contribution in [2.75, 3.05) is 12.4 Å². The SMILES string of the molecule is COC(=O)c1c(NC(=O)[C@H](C)Oc2cc(C)cc(C)c2)sc2c1CCCC2. The molecule has 3 rings (SSSR count). The molecule has 27 heavy (non-hydrogen) atoms. The molecule has 0 aliphatic heterocycles. The van der Waals surface area contributed by atoms with Crippen LogP contribution in [0.15, 0.2) is 18.2 Å². The Balaban J connectivity index is 1.79. The van der Waals surface area contributed by atoms with E-state index in [2.05, 4.69) is 11.4 Å². The van der Waals surface area contributed by atoms with Crippen molar-refractivity contribution in [3.8, 4) is 5.75 Å². The van der Waals surface area contributed by atoms with E-state index in [9.17, 15) is 9.59 Å². The molecule has 1 aromatic heterocycles. The van der Waals surface area contributed by atoms with Crippen molar-refractivity contribution in [1.82, 2.24) is 0 Å². The Morgan fingerprint density at radius 3 is 2.44 bits per heavy atom. The molecule has 0 unspecified atom stereocenters. The average molecular weight is 388 g/mol.